The van der Waals surface area contributed by atoms with Crippen molar-refractivity contribution >= 4 is 45.2 Å². The third-order valence-electron chi connectivity index (χ3n) is 4.04. The number of ether oxygens (including phenoxy) is 1. The predicted molar refractivity (Wildman–Crippen MR) is 105 cm³/mol. The fourth-order valence-corrected chi connectivity index (χ4v) is 3.20. The smallest absolute Gasteiger partial charge is 0.323 e. The summed E-state index contributed by atoms with van der Waals surface area (Å²) in [6, 6.07) is 11.4. The second kappa shape index (κ2) is 8.32. The Balaban J connectivity index is 1.69. The maximum absolute atomic E-state index is 12.5. The molecule has 2 aromatic carbocycles. The van der Waals surface area contributed by atoms with Crippen LogP contribution in [0.5, 0.6) is 0 Å². The number of urea groups is 1. The Morgan fingerprint density at radius 2 is 1.74 bits per heavy atom. The number of hydrogen-bond donors (Lipinski definition) is 2. The van der Waals surface area contributed by atoms with Gasteiger partial charge < -0.3 is 15.4 Å². The van der Waals surface area contributed by atoms with E-state index in [9.17, 15) is 14.4 Å². The van der Waals surface area contributed by atoms with Crippen molar-refractivity contribution in [2.45, 2.75) is 6.42 Å². The highest BCUT2D eigenvalue weighted by atomic mass is 79.9. The molecule has 0 radical (unpaired) electrons. The molecule has 4 amide bonds. The Morgan fingerprint density at radius 1 is 1.04 bits per heavy atom. The number of imide groups is 1. The van der Waals surface area contributed by atoms with Gasteiger partial charge in [0, 0.05) is 36.1 Å². The first kappa shape index (κ1) is 19.1. The monoisotopic (exact) mass is 431 g/mol. The van der Waals surface area contributed by atoms with Crippen molar-refractivity contribution in [3.8, 4) is 0 Å². The molecule has 8 heteroatoms. The van der Waals surface area contributed by atoms with Crippen molar-refractivity contribution in [2.24, 2.45) is 0 Å². The van der Waals surface area contributed by atoms with Gasteiger partial charge in [0.15, 0.2) is 0 Å². The van der Waals surface area contributed by atoms with E-state index < -0.39 is 6.03 Å². The van der Waals surface area contributed by atoms with Gasteiger partial charge in [0.2, 0.25) is 0 Å². The Bertz CT molecular complexity index is 900. The van der Waals surface area contributed by atoms with E-state index in [4.69, 9.17) is 4.74 Å². The summed E-state index contributed by atoms with van der Waals surface area (Å²) in [5, 5.41) is 5.38. The average Bonchev–Trinajstić information content (AvgIpc) is 2.86. The van der Waals surface area contributed by atoms with Gasteiger partial charge in [0.1, 0.15) is 0 Å². The van der Waals surface area contributed by atoms with Crippen LogP contribution in [0.3, 0.4) is 0 Å². The summed E-state index contributed by atoms with van der Waals surface area (Å²) < 4.78 is 5.80. The van der Waals surface area contributed by atoms with E-state index in [0.717, 1.165) is 4.47 Å². The first-order valence-corrected chi connectivity index (χ1v) is 9.11. The maximum atomic E-state index is 12.5. The Kier molecular flexibility index (Phi) is 5.88. The van der Waals surface area contributed by atoms with Crippen molar-refractivity contribution in [3.63, 3.8) is 0 Å². The Labute approximate surface area is 164 Å². The summed E-state index contributed by atoms with van der Waals surface area (Å²) in [4.78, 5) is 38.2. The molecule has 3 rings (SSSR count). The summed E-state index contributed by atoms with van der Waals surface area (Å²) in [6.45, 7) is 0.766. The highest BCUT2D eigenvalue weighted by molar-refractivity contribution is 9.10. The largest absolute Gasteiger partial charge is 0.385 e. The molecule has 0 unspecified atom stereocenters. The lowest BCUT2D eigenvalue weighted by Crippen LogP contribution is -2.31. The number of rotatable bonds is 6. The molecular formula is C19H18BrN3O4. The van der Waals surface area contributed by atoms with E-state index in [2.05, 4.69) is 26.6 Å². The average molecular weight is 432 g/mol. The van der Waals surface area contributed by atoms with Crippen LogP contribution in [-0.4, -0.2) is 43.0 Å². The van der Waals surface area contributed by atoms with Crippen LogP contribution in [0.1, 0.15) is 27.1 Å². The van der Waals surface area contributed by atoms with Gasteiger partial charge in [-0.05, 0) is 42.8 Å². The maximum Gasteiger partial charge on any atom is 0.323 e. The molecule has 0 atom stereocenters. The molecule has 0 aliphatic carbocycles. The standard InChI is InChI=1S/C19H18BrN3O4/c1-27-9-3-8-23-17(24)15-7-6-14(11-16(15)18(23)25)22-19(26)21-13-5-2-4-12(20)10-13/h2,4-7,10-11H,3,8-9H2,1H3,(H2,21,22,26). The number of benzene rings is 2. The van der Waals surface area contributed by atoms with Crippen LogP contribution in [0.4, 0.5) is 16.2 Å². The Hall–Kier alpha value is -2.71. The first-order valence-electron chi connectivity index (χ1n) is 8.32. The van der Waals surface area contributed by atoms with Crippen LogP contribution >= 0.6 is 15.9 Å². The summed E-state index contributed by atoms with van der Waals surface area (Å²) in [5.41, 5.74) is 1.69. The lowest BCUT2D eigenvalue weighted by Gasteiger charge is -2.12. The van der Waals surface area contributed by atoms with Crippen molar-refractivity contribution < 1.29 is 19.1 Å². The first-order chi connectivity index (χ1) is 13.0. The zero-order chi connectivity index (χ0) is 19.4. The molecule has 0 aromatic heterocycles. The van der Waals surface area contributed by atoms with Crippen molar-refractivity contribution in [2.75, 3.05) is 30.9 Å². The van der Waals surface area contributed by atoms with E-state index in [1.807, 2.05) is 6.07 Å². The summed E-state index contributed by atoms with van der Waals surface area (Å²) in [6.07, 6.45) is 0.572. The molecule has 7 nitrogen and oxygen atoms in total. The minimum atomic E-state index is -0.443. The minimum Gasteiger partial charge on any atom is -0.385 e. The topological polar surface area (TPSA) is 87.7 Å². The fraction of sp³-hybridized carbons (Fsp3) is 0.211. The quantitative estimate of drug-likeness (QED) is 0.538. The summed E-state index contributed by atoms with van der Waals surface area (Å²) in [5.74, 6) is -0.682. The number of carbonyl (C=O) groups excluding carboxylic acids is 3. The number of hydrogen-bond acceptors (Lipinski definition) is 4. The van der Waals surface area contributed by atoms with Crippen LogP contribution in [0.2, 0.25) is 0 Å². The molecule has 140 valence electrons. The van der Waals surface area contributed by atoms with Gasteiger partial charge in [0.25, 0.3) is 11.8 Å². The van der Waals surface area contributed by atoms with Crippen molar-refractivity contribution in [1.82, 2.24) is 4.90 Å². The molecule has 1 heterocycles. The molecule has 0 spiro atoms. The number of fused-ring (bicyclic) bond motifs is 1. The number of amides is 4. The molecule has 1 aliphatic heterocycles. The van der Waals surface area contributed by atoms with Crippen LogP contribution in [0.25, 0.3) is 0 Å². The van der Waals surface area contributed by atoms with E-state index in [-0.39, 0.29) is 17.4 Å². The third kappa shape index (κ3) is 4.35. The van der Waals surface area contributed by atoms with Gasteiger partial charge in [0.05, 0.1) is 11.1 Å². The van der Waals surface area contributed by atoms with Crippen LogP contribution < -0.4 is 10.6 Å². The zero-order valence-corrected chi connectivity index (χ0v) is 16.2. The van der Waals surface area contributed by atoms with Gasteiger partial charge >= 0.3 is 6.03 Å². The second-order valence-corrected chi connectivity index (χ2v) is 6.87. The SMILES string of the molecule is COCCCN1C(=O)c2ccc(NC(=O)Nc3cccc(Br)c3)cc2C1=O. The van der Waals surface area contributed by atoms with Gasteiger partial charge in [-0.3, -0.25) is 14.5 Å². The number of nitrogens with zero attached hydrogens (tertiary/aromatic N) is 1. The zero-order valence-electron chi connectivity index (χ0n) is 14.6. The summed E-state index contributed by atoms with van der Waals surface area (Å²) in [7, 11) is 1.57. The molecule has 2 N–H and O–H groups in total. The van der Waals surface area contributed by atoms with Crippen LogP contribution in [0.15, 0.2) is 46.9 Å². The molecular weight excluding hydrogens is 414 g/mol. The molecule has 0 fully saturated rings. The van der Waals surface area contributed by atoms with E-state index in [1.165, 1.54) is 11.0 Å². The van der Waals surface area contributed by atoms with Gasteiger partial charge in [-0.2, -0.15) is 0 Å². The third-order valence-corrected chi connectivity index (χ3v) is 4.53. The van der Waals surface area contributed by atoms with E-state index >= 15 is 0 Å². The number of anilines is 2. The molecule has 0 bridgehead atoms. The number of halogens is 1. The molecule has 2 aromatic rings. The lowest BCUT2D eigenvalue weighted by atomic mass is 10.1. The fourth-order valence-electron chi connectivity index (χ4n) is 2.80. The van der Waals surface area contributed by atoms with Crippen molar-refractivity contribution in [3.05, 3.63) is 58.1 Å². The molecule has 27 heavy (non-hydrogen) atoms. The van der Waals surface area contributed by atoms with E-state index in [0.29, 0.717) is 36.5 Å². The van der Waals surface area contributed by atoms with Crippen LogP contribution in [0, 0.1) is 0 Å². The molecule has 0 saturated carbocycles. The number of carbonyl (C=O) groups is 3. The normalized spacial score (nSPS) is 12.9. The van der Waals surface area contributed by atoms with Gasteiger partial charge in [-0.1, -0.05) is 22.0 Å². The van der Waals surface area contributed by atoms with Crippen LogP contribution in [-0.2, 0) is 4.74 Å². The van der Waals surface area contributed by atoms with E-state index in [1.54, 1.807) is 37.4 Å². The highest BCUT2D eigenvalue weighted by Gasteiger charge is 2.35. The minimum absolute atomic E-state index is 0.290. The predicted octanol–water partition coefficient (Wildman–Crippen LogP) is 3.73. The van der Waals surface area contributed by atoms with Crippen molar-refractivity contribution in [1.29, 1.82) is 0 Å². The molecule has 0 saturated heterocycles. The number of methoxy groups -OCH3 is 1. The number of nitrogens with one attached hydrogen (secondary N) is 2. The highest BCUT2D eigenvalue weighted by Crippen LogP contribution is 2.26. The lowest BCUT2D eigenvalue weighted by molar-refractivity contribution is 0.0638. The van der Waals surface area contributed by atoms with Gasteiger partial charge in [-0.25, -0.2) is 4.79 Å². The Morgan fingerprint density at radius 3 is 2.44 bits per heavy atom. The van der Waals surface area contributed by atoms with Gasteiger partial charge in [-0.15, -0.1) is 0 Å². The summed E-state index contributed by atoms with van der Waals surface area (Å²) >= 11 is 3.34. The second-order valence-electron chi connectivity index (χ2n) is 5.96. The molecule has 1 aliphatic rings.